The smallest absolute Gasteiger partial charge is 0.269 e. The van der Waals surface area contributed by atoms with Crippen LogP contribution in [-0.4, -0.2) is 38.1 Å². The topological polar surface area (TPSA) is 109 Å². The molecule has 0 aliphatic carbocycles. The molecule has 0 saturated heterocycles. The molecule has 0 aliphatic rings. The van der Waals surface area contributed by atoms with E-state index >= 15 is 0 Å². The Hall–Kier alpha value is -3.98. The molecule has 5 aromatic rings. The Kier molecular flexibility index (Phi) is 4.52. The van der Waals surface area contributed by atoms with Crippen LogP contribution in [0.5, 0.6) is 11.5 Å². The zero-order chi connectivity index (χ0) is 21.5. The number of pyridine rings is 1. The van der Waals surface area contributed by atoms with Gasteiger partial charge in [0.15, 0.2) is 5.82 Å². The number of nitrogens with one attached hydrogen (secondary N) is 3. The van der Waals surface area contributed by atoms with Crippen molar-refractivity contribution >= 4 is 39.4 Å². The van der Waals surface area contributed by atoms with Crippen LogP contribution < -0.4 is 10.1 Å². The highest BCUT2D eigenvalue weighted by Gasteiger charge is 2.15. The molecule has 31 heavy (non-hydrogen) atoms. The van der Waals surface area contributed by atoms with Crippen molar-refractivity contribution in [2.75, 3.05) is 7.05 Å². The minimum atomic E-state index is -0.530. The van der Waals surface area contributed by atoms with Crippen LogP contribution in [0.4, 0.5) is 4.39 Å². The summed E-state index contributed by atoms with van der Waals surface area (Å²) in [5.74, 6) is 0.658. The molecule has 0 unspecified atom stereocenters. The molecule has 0 aliphatic heterocycles. The van der Waals surface area contributed by atoms with Gasteiger partial charge >= 0.3 is 0 Å². The summed E-state index contributed by atoms with van der Waals surface area (Å²) in [6, 6.07) is 11.3. The summed E-state index contributed by atoms with van der Waals surface area (Å²) in [5, 5.41) is 10.2. The number of carbonyl (C=O) groups is 1. The van der Waals surface area contributed by atoms with Gasteiger partial charge < -0.3 is 15.0 Å². The second kappa shape index (κ2) is 7.37. The molecule has 0 atom stereocenters. The van der Waals surface area contributed by atoms with Crippen LogP contribution in [0.25, 0.3) is 33.5 Å². The molecule has 154 valence electrons. The second-order valence-corrected chi connectivity index (χ2v) is 7.11. The summed E-state index contributed by atoms with van der Waals surface area (Å²) >= 11 is 5.84. The quantitative estimate of drug-likeness (QED) is 0.386. The molecule has 10 heteroatoms. The molecule has 0 saturated carbocycles. The lowest BCUT2D eigenvalue weighted by Crippen LogP contribution is -2.18. The van der Waals surface area contributed by atoms with Crippen molar-refractivity contribution in [2.24, 2.45) is 0 Å². The Morgan fingerprint density at radius 3 is 2.81 bits per heavy atom. The number of benzene rings is 2. The van der Waals surface area contributed by atoms with Crippen LogP contribution in [0.2, 0.25) is 5.02 Å². The van der Waals surface area contributed by atoms with E-state index in [4.69, 9.17) is 16.3 Å². The van der Waals surface area contributed by atoms with Crippen LogP contribution in [0.3, 0.4) is 0 Å². The number of ether oxygens (including phenoxy) is 1. The summed E-state index contributed by atoms with van der Waals surface area (Å²) < 4.78 is 19.8. The number of imidazole rings is 1. The minimum Gasteiger partial charge on any atom is -0.457 e. The predicted molar refractivity (Wildman–Crippen MR) is 114 cm³/mol. The Morgan fingerprint density at radius 2 is 1.97 bits per heavy atom. The monoisotopic (exact) mass is 436 g/mol. The molecule has 3 aromatic heterocycles. The van der Waals surface area contributed by atoms with E-state index in [1.54, 1.807) is 30.3 Å². The number of carbonyl (C=O) groups excluding carboxylic acids is 1. The Morgan fingerprint density at radius 1 is 1.13 bits per heavy atom. The number of aromatic amines is 2. The molecule has 5 rings (SSSR count). The first kappa shape index (κ1) is 19.0. The van der Waals surface area contributed by atoms with Crippen LogP contribution in [0.15, 0.2) is 48.7 Å². The van der Waals surface area contributed by atoms with E-state index in [0.29, 0.717) is 45.0 Å². The van der Waals surface area contributed by atoms with E-state index in [9.17, 15) is 9.18 Å². The lowest BCUT2D eigenvalue weighted by atomic mass is 10.2. The molecule has 3 N–H and O–H groups in total. The zero-order valence-corrected chi connectivity index (χ0v) is 16.8. The highest BCUT2D eigenvalue weighted by atomic mass is 35.5. The van der Waals surface area contributed by atoms with Gasteiger partial charge in [-0.15, -0.1) is 0 Å². The van der Waals surface area contributed by atoms with Gasteiger partial charge in [0.2, 0.25) is 0 Å². The van der Waals surface area contributed by atoms with Gasteiger partial charge in [0, 0.05) is 30.8 Å². The van der Waals surface area contributed by atoms with Crippen LogP contribution in [-0.2, 0) is 0 Å². The fourth-order valence-electron chi connectivity index (χ4n) is 3.22. The van der Waals surface area contributed by atoms with Gasteiger partial charge in [-0.3, -0.25) is 14.9 Å². The molecule has 1 amide bonds. The third-order valence-corrected chi connectivity index (χ3v) is 5.00. The normalized spacial score (nSPS) is 11.2. The SMILES string of the molecule is CNC(=O)c1cc(Oc2ccc3nc(-c4n[nH]c5cc(Cl)c(F)cc45)[nH]c3c2)ccn1. The fraction of sp³-hybridized carbons (Fsp3) is 0.0476. The molecular weight excluding hydrogens is 423 g/mol. The number of hydrogen-bond donors (Lipinski definition) is 3. The van der Waals surface area contributed by atoms with Crippen molar-refractivity contribution in [1.82, 2.24) is 30.5 Å². The maximum Gasteiger partial charge on any atom is 0.269 e. The number of aromatic nitrogens is 5. The van der Waals surface area contributed by atoms with E-state index in [1.165, 1.54) is 25.4 Å². The van der Waals surface area contributed by atoms with Gasteiger partial charge in [-0.05, 0) is 30.3 Å². The van der Waals surface area contributed by atoms with Gasteiger partial charge in [-0.25, -0.2) is 9.37 Å². The van der Waals surface area contributed by atoms with Gasteiger partial charge in [-0.1, -0.05) is 11.6 Å². The van der Waals surface area contributed by atoms with Crippen molar-refractivity contribution in [3.63, 3.8) is 0 Å². The van der Waals surface area contributed by atoms with E-state index in [2.05, 4.69) is 30.5 Å². The first-order chi connectivity index (χ1) is 15.0. The first-order valence-corrected chi connectivity index (χ1v) is 9.59. The van der Waals surface area contributed by atoms with Crippen molar-refractivity contribution in [3.8, 4) is 23.0 Å². The Balaban J connectivity index is 1.49. The molecule has 0 bridgehead atoms. The Labute approximate surface area is 179 Å². The highest BCUT2D eigenvalue weighted by molar-refractivity contribution is 6.31. The molecular formula is C21H14ClFN6O2. The number of hydrogen-bond acceptors (Lipinski definition) is 5. The number of halogens is 2. The third kappa shape index (κ3) is 3.44. The van der Waals surface area contributed by atoms with Crippen LogP contribution >= 0.6 is 11.6 Å². The average Bonchev–Trinajstić information content (AvgIpc) is 3.37. The van der Waals surface area contributed by atoms with Crippen LogP contribution in [0.1, 0.15) is 10.5 Å². The van der Waals surface area contributed by atoms with Crippen LogP contribution in [0, 0.1) is 5.82 Å². The summed E-state index contributed by atoms with van der Waals surface area (Å²) in [7, 11) is 1.53. The molecule has 3 heterocycles. The van der Waals surface area contributed by atoms with Crippen molar-refractivity contribution in [2.45, 2.75) is 0 Å². The number of H-pyrrole nitrogens is 2. The number of nitrogens with zero attached hydrogens (tertiary/aromatic N) is 3. The minimum absolute atomic E-state index is 0.0183. The molecule has 2 aromatic carbocycles. The number of fused-ring (bicyclic) bond motifs is 2. The maximum absolute atomic E-state index is 13.9. The number of rotatable bonds is 4. The molecule has 0 fully saturated rings. The van der Waals surface area contributed by atoms with E-state index in [0.717, 1.165) is 0 Å². The van der Waals surface area contributed by atoms with Crippen molar-refractivity contribution in [3.05, 3.63) is 65.2 Å². The predicted octanol–water partition coefficient (Wildman–Crippen LogP) is 4.45. The van der Waals surface area contributed by atoms with Gasteiger partial charge in [0.1, 0.15) is 28.7 Å². The standard InChI is InChI=1S/C21H14ClFN6O2/c1-24-21(30)18-7-11(4-5-25-18)31-10-2-3-15-17(6-10)27-20(26-15)19-12-8-14(23)13(22)9-16(12)28-29-19/h2-9H,1H3,(H,24,30)(H,26,27)(H,28,29). The van der Waals surface area contributed by atoms with E-state index in [1.807, 2.05) is 0 Å². The molecule has 0 radical (unpaired) electrons. The largest absolute Gasteiger partial charge is 0.457 e. The summed E-state index contributed by atoms with van der Waals surface area (Å²) in [5.41, 5.74) is 2.74. The Bertz CT molecular complexity index is 1460. The zero-order valence-electron chi connectivity index (χ0n) is 16.0. The van der Waals surface area contributed by atoms with Crippen molar-refractivity contribution in [1.29, 1.82) is 0 Å². The lowest BCUT2D eigenvalue weighted by molar-refractivity contribution is 0.0958. The first-order valence-electron chi connectivity index (χ1n) is 9.21. The van der Waals surface area contributed by atoms with Gasteiger partial charge in [0.05, 0.1) is 21.6 Å². The maximum atomic E-state index is 13.9. The number of amides is 1. The second-order valence-electron chi connectivity index (χ2n) is 6.71. The van der Waals surface area contributed by atoms with E-state index < -0.39 is 5.82 Å². The molecule has 0 spiro atoms. The summed E-state index contributed by atoms with van der Waals surface area (Å²) in [6.45, 7) is 0. The van der Waals surface area contributed by atoms with E-state index in [-0.39, 0.29) is 16.6 Å². The fourth-order valence-corrected chi connectivity index (χ4v) is 3.38. The lowest BCUT2D eigenvalue weighted by Gasteiger charge is -2.06. The molecule has 8 nitrogen and oxygen atoms in total. The summed E-state index contributed by atoms with van der Waals surface area (Å²) in [4.78, 5) is 23.5. The van der Waals surface area contributed by atoms with Gasteiger partial charge in [-0.2, -0.15) is 5.10 Å². The van der Waals surface area contributed by atoms with Gasteiger partial charge in [0.25, 0.3) is 5.91 Å². The average molecular weight is 437 g/mol. The van der Waals surface area contributed by atoms with Crippen molar-refractivity contribution < 1.29 is 13.9 Å². The highest BCUT2D eigenvalue weighted by Crippen LogP contribution is 2.31. The summed E-state index contributed by atoms with van der Waals surface area (Å²) in [6.07, 6.45) is 1.50. The third-order valence-electron chi connectivity index (χ3n) is 4.71.